The summed E-state index contributed by atoms with van der Waals surface area (Å²) in [5, 5.41) is 3.44. The van der Waals surface area contributed by atoms with Crippen molar-refractivity contribution >= 4 is 0 Å². The van der Waals surface area contributed by atoms with Gasteiger partial charge in [-0.2, -0.15) is 4.98 Å². The van der Waals surface area contributed by atoms with E-state index in [1.165, 1.54) is 0 Å². The van der Waals surface area contributed by atoms with E-state index in [-0.39, 0.29) is 6.04 Å². The van der Waals surface area contributed by atoms with E-state index in [1.54, 1.807) is 27.5 Å². The van der Waals surface area contributed by atoms with Crippen molar-refractivity contribution in [3.63, 3.8) is 0 Å². The first-order valence-corrected chi connectivity index (χ1v) is 6.73. The Morgan fingerprint density at radius 3 is 2.45 bits per heavy atom. The topological polar surface area (TPSA) is 65.5 Å². The van der Waals surface area contributed by atoms with Crippen LogP contribution in [0.2, 0.25) is 0 Å². The average molecular weight is 283 g/mol. The summed E-state index contributed by atoms with van der Waals surface area (Å²) in [6, 6.07) is -0.124. The maximum absolute atomic E-state index is 5.59. The van der Waals surface area contributed by atoms with Crippen LogP contribution in [0.5, 0.6) is 11.8 Å². The molecule has 1 aromatic heterocycles. The highest BCUT2D eigenvalue weighted by atomic mass is 16.5. The fourth-order valence-corrected chi connectivity index (χ4v) is 1.89. The highest BCUT2D eigenvalue weighted by Gasteiger charge is 2.34. The molecular formula is C14H25N3O3. The second-order valence-corrected chi connectivity index (χ2v) is 5.00. The molecule has 0 aliphatic carbocycles. The second kappa shape index (κ2) is 7.40. The van der Waals surface area contributed by atoms with Crippen LogP contribution in [0.15, 0.2) is 6.20 Å². The summed E-state index contributed by atoms with van der Waals surface area (Å²) < 4.78 is 16.0. The predicted molar refractivity (Wildman–Crippen MR) is 77.3 cm³/mol. The van der Waals surface area contributed by atoms with E-state index in [2.05, 4.69) is 22.2 Å². The molecule has 0 fully saturated rings. The minimum atomic E-state index is -0.439. The molecule has 0 radical (unpaired) electrons. The second-order valence-electron chi connectivity index (χ2n) is 5.00. The number of nitrogens with one attached hydrogen (secondary N) is 1. The monoisotopic (exact) mass is 283 g/mol. The molecule has 114 valence electrons. The van der Waals surface area contributed by atoms with Gasteiger partial charge in [-0.05, 0) is 26.8 Å². The zero-order valence-electron chi connectivity index (χ0n) is 13.2. The fourth-order valence-electron chi connectivity index (χ4n) is 1.89. The van der Waals surface area contributed by atoms with Gasteiger partial charge < -0.3 is 19.5 Å². The molecule has 0 spiro atoms. The first-order valence-electron chi connectivity index (χ1n) is 6.73. The molecule has 0 aliphatic rings. The number of aromatic nitrogens is 2. The maximum Gasteiger partial charge on any atom is 0.240 e. The zero-order valence-corrected chi connectivity index (χ0v) is 13.2. The van der Waals surface area contributed by atoms with Crippen molar-refractivity contribution in [1.29, 1.82) is 0 Å². The Hall–Kier alpha value is -1.40. The number of hydrogen-bond acceptors (Lipinski definition) is 6. The quantitative estimate of drug-likeness (QED) is 0.786. The van der Waals surface area contributed by atoms with Crippen LogP contribution < -0.4 is 14.8 Å². The summed E-state index contributed by atoms with van der Waals surface area (Å²) in [5.41, 5.74) is 0.278. The van der Waals surface area contributed by atoms with Gasteiger partial charge in [0.15, 0.2) is 0 Å². The molecule has 1 atom stereocenters. The third kappa shape index (κ3) is 3.80. The van der Waals surface area contributed by atoms with E-state index in [9.17, 15) is 0 Å². The number of hydrogen-bond donors (Lipinski definition) is 1. The lowest BCUT2D eigenvalue weighted by atomic mass is 9.95. The van der Waals surface area contributed by atoms with E-state index in [0.29, 0.717) is 17.5 Å². The smallest absolute Gasteiger partial charge is 0.240 e. The third-order valence-electron chi connectivity index (χ3n) is 3.24. The van der Waals surface area contributed by atoms with Gasteiger partial charge in [-0.15, -0.1) is 0 Å². The van der Waals surface area contributed by atoms with Gasteiger partial charge in [-0.1, -0.05) is 6.92 Å². The third-order valence-corrected chi connectivity index (χ3v) is 3.24. The first-order chi connectivity index (χ1) is 9.50. The largest absolute Gasteiger partial charge is 0.480 e. The molecule has 0 amide bonds. The lowest BCUT2D eigenvalue weighted by molar-refractivity contribution is -0.0131. The number of nitrogens with zero attached hydrogens (tertiary/aromatic N) is 2. The summed E-state index contributed by atoms with van der Waals surface area (Å²) in [6.07, 6.45) is 2.60. The summed E-state index contributed by atoms with van der Waals surface area (Å²) in [4.78, 5) is 8.72. The van der Waals surface area contributed by atoms with Crippen molar-refractivity contribution in [2.45, 2.75) is 38.8 Å². The number of methoxy groups -OCH3 is 3. The SMILES string of the molecule is CCCNC(c1ncc(OC)nc1OC)C(C)(C)OC. The van der Waals surface area contributed by atoms with Crippen molar-refractivity contribution in [3.05, 3.63) is 11.9 Å². The molecule has 20 heavy (non-hydrogen) atoms. The highest BCUT2D eigenvalue weighted by Crippen LogP contribution is 2.32. The van der Waals surface area contributed by atoms with Crippen LogP contribution in [-0.2, 0) is 4.74 Å². The molecule has 0 saturated carbocycles. The van der Waals surface area contributed by atoms with Gasteiger partial charge in [0, 0.05) is 7.11 Å². The van der Waals surface area contributed by atoms with E-state index < -0.39 is 5.60 Å². The van der Waals surface area contributed by atoms with Gasteiger partial charge in [-0.3, -0.25) is 0 Å². The molecule has 1 unspecified atom stereocenters. The van der Waals surface area contributed by atoms with E-state index in [4.69, 9.17) is 14.2 Å². The maximum atomic E-state index is 5.59. The van der Waals surface area contributed by atoms with E-state index in [0.717, 1.165) is 13.0 Å². The summed E-state index contributed by atoms with van der Waals surface area (Å²) in [6.45, 7) is 6.98. The molecule has 0 aromatic carbocycles. The fraction of sp³-hybridized carbons (Fsp3) is 0.714. The molecule has 0 bridgehead atoms. The van der Waals surface area contributed by atoms with Crippen molar-refractivity contribution in [1.82, 2.24) is 15.3 Å². The zero-order chi connectivity index (χ0) is 15.2. The van der Waals surface area contributed by atoms with Crippen molar-refractivity contribution < 1.29 is 14.2 Å². The van der Waals surface area contributed by atoms with Crippen LogP contribution in [0, 0.1) is 0 Å². The minimum Gasteiger partial charge on any atom is -0.480 e. The molecule has 1 heterocycles. The highest BCUT2D eigenvalue weighted by molar-refractivity contribution is 5.27. The van der Waals surface area contributed by atoms with Gasteiger partial charge in [0.25, 0.3) is 0 Å². The van der Waals surface area contributed by atoms with Gasteiger partial charge in [-0.25, -0.2) is 4.98 Å². The summed E-state index contributed by atoms with van der Waals surface area (Å²) in [7, 11) is 4.81. The predicted octanol–water partition coefficient (Wildman–Crippen LogP) is 1.96. The first kappa shape index (κ1) is 16.7. The van der Waals surface area contributed by atoms with Crippen LogP contribution in [0.3, 0.4) is 0 Å². The Morgan fingerprint density at radius 1 is 1.25 bits per heavy atom. The van der Waals surface area contributed by atoms with E-state index >= 15 is 0 Å². The Bertz CT molecular complexity index is 424. The molecule has 1 rings (SSSR count). The van der Waals surface area contributed by atoms with Gasteiger partial charge in [0.05, 0.1) is 32.1 Å². The lowest BCUT2D eigenvalue weighted by Gasteiger charge is -2.33. The van der Waals surface area contributed by atoms with Crippen LogP contribution in [0.4, 0.5) is 0 Å². The van der Waals surface area contributed by atoms with Crippen LogP contribution >= 0.6 is 0 Å². The Balaban J connectivity index is 3.18. The normalized spacial score (nSPS) is 13.1. The Kier molecular flexibility index (Phi) is 6.16. The van der Waals surface area contributed by atoms with Crippen molar-refractivity contribution in [2.75, 3.05) is 27.9 Å². The van der Waals surface area contributed by atoms with E-state index in [1.807, 2.05) is 13.8 Å². The van der Waals surface area contributed by atoms with Crippen molar-refractivity contribution in [2.24, 2.45) is 0 Å². The molecule has 0 saturated heterocycles. The molecule has 1 aromatic rings. The van der Waals surface area contributed by atoms with Gasteiger partial charge in [0.2, 0.25) is 11.8 Å². The standard InChI is InChI=1S/C14H25N3O3/c1-7-8-15-12(14(2,3)20-6)11-13(19-5)17-10(18-4)9-16-11/h9,12,15H,7-8H2,1-6H3. The van der Waals surface area contributed by atoms with Crippen LogP contribution in [0.25, 0.3) is 0 Å². The lowest BCUT2D eigenvalue weighted by Crippen LogP contribution is -2.42. The summed E-state index contributed by atoms with van der Waals surface area (Å²) >= 11 is 0. The van der Waals surface area contributed by atoms with Crippen LogP contribution in [0.1, 0.15) is 38.9 Å². The number of rotatable bonds is 8. The molecule has 1 N–H and O–H groups in total. The Morgan fingerprint density at radius 2 is 1.95 bits per heavy atom. The molecular weight excluding hydrogens is 258 g/mol. The van der Waals surface area contributed by atoms with Crippen LogP contribution in [-0.4, -0.2) is 43.4 Å². The molecule has 6 nitrogen and oxygen atoms in total. The van der Waals surface area contributed by atoms with Gasteiger partial charge in [0.1, 0.15) is 5.69 Å². The van der Waals surface area contributed by atoms with Gasteiger partial charge >= 0.3 is 0 Å². The van der Waals surface area contributed by atoms with Crippen molar-refractivity contribution in [3.8, 4) is 11.8 Å². The number of ether oxygens (including phenoxy) is 3. The molecule has 6 heteroatoms. The molecule has 0 aliphatic heterocycles. The average Bonchev–Trinajstić information content (AvgIpc) is 2.47. The Labute approximate surface area is 120 Å². The minimum absolute atomic E-state index is 0.124. The summed E-state index contributed by atoms with van der Waals surface area (Å²) in [5.74, 6) is 0.873.